The van der Waals surface area contributed by atoms with Crippen LogP contribution in [0, 0.1) is 0 Å². The lowest BCUT2D eigenvalue weighted by atomic mass is 10.2. The summed E-state index contributed by atoms with van der Waals surface area (Å²) in [6, 6.07) is 5.59. The summed E-state index contributed by atoms with van der Waals surface area (Å²) >= 11 is 0. The molecule has 2 heterocycles. The van der Waals surface area contributed by atoms with Crippen LogP contribution in [0.3, 0.4) is 0 Å². The maximum Gasteiger partial charge on any atom is 0.490 e. The van der Waals surface area contributed by atoms with Crippen LogP contribution in [0.15, 0.2) is 18.2 Å². The lowest BCUT2D eigenvalue weighted by Gasteiger charge is -2.31. The number of methoxy groups -OCH3 is 1. The Labute approximate surface area is 166 Å². The Balaban J connectivity index is 0.000000370. The lowest BCUT2D eigenvalue weighted by molar-refractivity contribution is -0.192. The van der Waals surface area contributed by atoms with Crippen LogP contribution in [0.1, 0.15) is 6.42 Å². The smallest absolute Gasteiger partial charge is 0.490 e. The molecule has 0 aliphatic carbocycles. The highest BCUT2D eigenvalue weighted by Gasteiger charge is 2.38. The molecule has 0 spiro atoms. The van der Waals surface area contributed by atoms with Crippen LogP contribution >= 0.6 is 0 Å². The van der Waals surface area contributed by atoms with Crippen molar-refractivity contribution in [2.75, 3.05) is 57.9 Å². The third-order valence-electron chi connectivity index (χ3n) is 4.42. The van der Waals surface area contributed by atoms with Crippen molar-refractivity contribution >= 4 is 17.6 Å². The van der Waals surface area contributed by atoms with E-state index in [-0.39, 0.29) is 12.5 Å². The van der Waals surface area contributed by atoms with E-state index >= 15 is 0 Å². The zero-order chi connectivity index (χ0) is 21.4. The maximum absolute atomic E-state index is 12.2. The van der Waals surface area contributed by atoms with Gasteiger partial charge in [-0.2, -0.15) is 13.2 Å². The summed E-state index contributed by atoms with van der Waals surface area (Å²) in [5.74, 6) is -1.25. The van der Waals surface area contributed by atoms with Crippen LogP contribution in [0.25, 0.3) is 0 Å². The third kappa shape index (κ3) is 6.79. The van der Waals surface area contributed by atoms with E-state index in [4.69, 9.17) is 19.4 Å². The summed E-state index contributed by atoms with van der Waals surface area (Å²) in [5.41, 5.74) is 0.816. The molecular weight excluding hydrogens is 395 g/mol. The van der Waals surface area contributed by atoms with Crippen LogP contribution in [0.5, 0.6) is 11.5 Å². The molecule has 29 heavy (non-hydrogen) atoms. The van der Waals surface area contributed by atoms with Gasteiger partial charge < -0.3 is 29.7 Å². The highest BCUT2D eigenvalue weighted by atomic mass is 19.4. The van der Waals surface area contributed by atoms with Gasteiger partial charge in [-0.15, -0.1) is 0 Å². The molecule has 3 rings (SSSR count). The third-order valence-corrected chi connectivity index (χ3v) is 4.42. The average molecular weight is 419 g/mol. The van der Waals surface area contributed by atoms with Crippen molar-refractivity contribution in [2.45, 2.75) is 12.6 Å². The number of halogens is 3. The van der Waals surface area contributed by atoms with Crippen LogP contribution < -0.4 is 19.7 Å². The molecule has 11 heteroatoms. The first kappa shape index (κ1) is 22.8. The number of hydrogen-bond donors (Lipinski definition) is 2. The molecule has 2 aliphatic heterocycles. The van der Waals surface area contributed by atoms with Gasteiger partial charge in [0.2, 0.25) is 0 Å². The topological polar surface area (TPSA) is 91.3 Å². The summed E-state index contributed by atoms with van der Waals surface area (Å²) in [6.45, 7) is 6.13. The van der Waals surface area contributed by atoms with E-state index in [2.05, 4.69) is 10.2 Å². The minimum Gasteiger partial charge on any atom is -0.497 e. The van der Waals surface area contributed by atoms with Gasteiger partial charge in [0.15, 0.2) is 6.61 Å². The first-order valence-electron chi connectivity index (χ1n) is 9.06. The van der Waals surface area contributed by atoms with Crippen molar-refractivity contribution in [2.24, 2.45) is 0 Å². The molecule has 0 atom stereocenters. The number of carboxylic acids is 1. The van der Waals surface area contributed by atoms with Crippen LogP contribution in [0.2, 0.25) is 0 Å². The van der Waals surface area contributed by atoms with Gasteiger partial charge in [0, 0.05) is 38.8 Å². The molecule has 0 radical (unpaired) electrons. The van der Waals surface area contributed by atoms with Gasteiger partial charge in [-0.05, 0) is 25.1 Å². The molecule has 0 bridgehead atoms. The van der Waals surface area contributed by atoms with E-state index in [9.17, 15) is 18.0 Å². The number of carbonyl (C=O) groups excluding carboxylic acids is 1. The van der Waals surface area contributed by atoms with Gasteiger partial charge in [0.25, 0.3) is 5.91 Å². The van der Waals surface area contributed by atoms with Crippen molar-refractivity contribution in [3.05, 3.63) is 18.2 Å². The van der Waals surface area contributed by atoms with E-state index in [0.29, 0.717) is 6.54 Å². The first-order valence-corrected chi connectivity index (χ1v) is 9.06. The summed E-state index contributed by atoms with van der Waals surface area (Å²) < 4.78 is 42.5. The van der Waals surface area contributed by atoms with Crippen molar-refractivity contribution in [1.29, 1.82) is 0 Å². The van der Waals surface area contributed by atoms with E-state index in [1.54, 1.807) is 7.11 Å². The van der Waals surface area contributed by atoms with Crippen molar-refractivity contribution in [3.63, 3.8) is 0 Å². The van der Waals surface area contributed by atoms with Gasteiger partial charge in [-0.1, -0.05) is 0 Å². The van der Waals surface area contributed by atoms with Gasteiger partial charge in [-0.3, -0.25) is 4.79 Å². The van der Waals surface area contributed by atoms with E-state index in [1.165, 1.54) is 0 Å². The number of nitrogens with zero attached hydrogens (tertiary/aromatic N) is 2. The summed E-state index contributed by atoms with van der Waals surface area (Å²) in [4.78, 5) is 25.3. The van der Waals surface area contributed by atoms with Crippen molar-refractivity contribution < 1.29 is 37.3 Å². The quantitative estimate of drug-likeness (QED) is 0.745. The molecule has 8 nitrogen and oxygen atoms in total. The molecule has 2 N–H and O–H groups in total. The summed E-state index contributed by atoms with van der Waals surface area (Å²) in [6.07, 6.45) is -4.12. The molecule has 162 valence electrons. The minimum absolute atomic E-state index is 0.0149. The zero-order valence-corrected chi connectivity index (χ0v) is 16.0. The lowest BCUT2D eigenvalue weighted by Crippen LogP contribution is -2.45. The predicted octanol–water partition coefficient (Wildman–Crippen LogP) is 1.35. The second kappa shape index (κ2) is 10.3. The normalized spacial score (nSPS) is 17.0. The number of ether oxygens (including phenoxy) is 2. The second-order valence-electron chi connectivity index (χ2n) is 6.42. The number of piperazine rings is 1. The number of amides is 1. The van der Waals surface area contributed by atoms with E-state index in [0.717, 1.165) is 56.3 Å². The van der Waals surface area contributed by atoms with Crippen LogP contribution in [-0.4, -0.2) is 81.0 Å². The number of carboxylic acid groups (broad SMARTS) is 1. The molecule has 0 unspecified atom stereocenters. The molecule has 1 amide bonds. The molecule has 0 saturated carbocycles. The summed E-state index contributed by atoms with van der Waals surface area (Å²) in [5, 5.41) is 10.5. The fourth-order valence-corrected chi connectivity index (χ4v) is 2.94. The number of aliphatic carboxylic acids is 1. The van der Waals surface area contributed by atoms with Gasteiger partial charge >= 0.3 is 12.1 Å². The monoisotopic (exact) mass is 419 g/mol. The Bertz CT molecular complexity index is 708. The van der Waals surface area contributed by atoms with Crippen molar-refractivity contribution in [1.82, 2.24) is 10.2 Å². The zero-order valence-electron chi connectivity index (χ0n) is 16.0. The number of benzene rings is 1. The van der Waals surface area contributed by atoms with E-state index < -0.39 is 12.1 Å². The number of carbonyl (C=O) groups is 2. The minimum atomic E-state index is -5.08. The second-order valence-corrected chi connectivity index (χ2v) is 6.42. The molecule has 1 fully saturated rings. The van der Waals surface area contributed by atoms with Gasteiger partial charge in [-0.25, -0.2) is 4.79 Å². The Morgan fingerprint density at radius 2 is 1.93 bits per heavy atom. The van der Waals surface area contributed by atoms with Crippen LogP contribution in [-0.2, 0) is 9.59 Å². The fraction of sp³-hybridized carbons (Fsp3) is 0.556. The molecule has 1 aromatic rings. The number of nitrogens with one attached hydrogen (secondary N) is 1. The first-order chi connectivity index (χ1) is 13.7. The molecule has 2 aliphatic rings. The number of rotatable bonds is 5. The number of hydrogen-bond acceptors (Lipinski definition) is 6. The van der Waals surface area contributed by atoms with Crippen LogP contribution in [0.4, 0.5) is 18.9 Å². The molecule has 1 saturated heterocycles. The molecule has 1 aromatic carbocycles. The largest absolute Gasteiger partial charge is 0.497 e. The van der Waals surface area contributed by atoms with Crippen molar-refractivity contribution in [3.8, 4) is 11.5 Å². The Morgan fingerprint density at radius 3 is 2.52 bits per heavy atom. The number of alkyl halides is 3. The van der Waals surface area contributed by atoms with E-state index in [1.807, 2.05) is 23.1 Å². The average Bonchev–Trinajstić information content (AvgIpc) is 2.70. The number of fused-ring (bicyclic) bond motifs is 1. The molecule has 0 aromatic heterocycles. The maximum atomic E-state index is 12.2. The standard InChI is InChI=1S/C16H23N3O3.C2HF3O2/c1-21-13-3-4-15-14(11-13)19(16(20)12-22-15)8-2-7-18-9-5-17-6-10-18;3-2(4,5)1(6)7/h3-4,11,17H,2,5-10,12H2,1H3;(H,6,7). The highest BCUT2D eigenvalue weighted by molar-refractivity contribution is 5.98. The fourth-order valence-electron chi connectivity index (χ4n) is 2.94. The highest BCUT2D eigenvalue weighted by Crippen LogP contribution is 2.35. The number of anilines is 1. The Morgan fingerprint density at radius 1 is 1.28 bits per heavy atom. The summed E-state index contributed by atoms with van der Waals surface area (Å²) in [7, 11) is 1.63. The van der Waals surface area contributed by atoms with Gasteiger partial charge in [0.05, 0.1) is 12.8 Å². The predicted molar refractivity (Wildman–Crippen MR) is 98.5 cm³/mol. The van der Waals surface area contributed by atoms with Gasteiger partial charge in [0.1, 0.15) is 11.5 Å². The Kier molecular flexibility index (Phi) is 8.09. The SMILES string of the molecule is COc1ccc2c(c1)N(CCCN1CCNCC1)C(=O)CO2.O=C(O)C(F)(F)F. The molecular formula is C18H24F3N3O5. The Hall–Kier alpha value is -2.53.